The standard InChI is InChI=1S/C13H27NO/c1-3-5-12(6-4-2)7-8-13-11-15-10-9-14-13/h12-14H,3-11H2,1-2H3/t13-/m0/s1. The molecule has 1 N–H and O–H groups in total. The summed E-state index contributed by atoms with van der Waals surface area (Å²) in [6, 6.07) is 0.620. The van der Waals surface area contributed by atoms with Crippen molar-refractivity contribution < 1.29 is 4.74 Å². The van der Waals surface area contributed by atoms with E-state index in [1.54, 1.807) is 0 Å². The number of ether oxygens (including phenoxy) is 1. The normalized spacial score (nSPS) is 22.2. The second-order valence-electron chi connectivity index (χ2n) is 4.75. The molecular formula is C13H27NO. The molecule has 0 saturated carbocycles. The van der Waals surface area contributed by atoms with E-state index in [2.05, 4.69) is 19.2 Å². The van der Waals surface area contributed by atoms with E-state index in [1.165, 1.54) is 38.5 Å². The maximum absolute atomic E-state index is 5.47. The van der Waals surface area contributed by atoms with Gasteiger partial charge in [0.05, 0.1) is 13.2 Å². The second kappa shape index (κ2) is 8.12. The van der Waals surface area contributed by atoms with Gasteiger partial charge in [-0.15, -0.1) is 0 Å². The topological polar surface area (TPSA) is 21.3 Å². The Bertz CT molecular complexity index is 137. The van der Waals surface area contributed by atoms with Crippen molar-refractivity contribution in [3.05, 3.63) is 0 Å². The van der Waals surface area contributed by atoms with Crippen LogP contribution in [0.3, 0.4) is 0 Å². The minimum Gasteiger partial charge on any atom is -0.379 e. The van der Waals surface area contributed by atoms with Crippen molar-refractivity contribution in [2.24, 2.45) is 5.92 Å². The first-order valence-electron chi connectivity index (χ1n) is 6.68. The molecule has 2 heteroatoms. The minimum absolute atomic E-state index is 0.620. The summed E-state index contributed by atoms with van der Waals surface area (Å²) in [6.07, 6.45) is 8.15. The molecule has 0 amide bonds. The van der Waals surface area contributed by atoms with Crippen molar-refractivity contribution in [2.75, 3.05) is 19.8 Å². The van der Waals surface area contributed by atoms with Crippen molar-refractivity contribution >= 4 is 0 Å². The minimum atomic E-state index is 0.620. The summed E-state index contributed by atoms with van der Waals surface area (Å²) in [6.45, 7) is 7.45. The van der Waals surface area contributed by atoms with Gasteiger partial charge in [0.25, 0.3) is 0 Å². The third kappa shape index (κ3) is 5.53. The van der Waals surface area contributed by atoms with Crippen molar-refractivity contribution in [1.29, 1.82) is 0 Å². The maximum Gasteiger partial charge on any atom is 0.0620 e. The van der Waals surface area contributed by atoms with Crippen LogP contribution >= 0.6 is 0 Å². The number of nitrogens with one attached hydrogen (secondary N) is 1. The molecule has 1 aliphatic heterocycles. The largest absolute Gasteiger partial charge is 0.379 e. The molecule has 1 rings (SSSR count). The molecule has 0 aliphatic carbocycles. The fraction of sp³-hybridized carbons (Fsp3) is 1.00. The third-order valence-electron chi connectivity index (χ3n) is 3.32. The smallest absolute Gasteiger partial charge is 0.0620 e. The monoisotopic (exact) mass is 213 g/mol. The third-order valence-corrected chi connectivity index (χ3v) is 3.32. The molecule has 0 bridgehead atoms. The van der Waals surface area contributed by atoms with Crippen LogP contribution in [0.15, 0.2) is 0 Å². The summed E-state index contributed by atoms with van der Waals surface area (Å²) >= 11 is 0. The molecular weight excluding hydrogens is 186 g/mol. The van der Waals surface area contributed by atoms with Gasteiger partial charge in [-0.1, -0.05) is 39.5 Å². The summed E-state index contributed by atoms with van der Waals surface area (Å²) in [4.78, 5) is 0. The molecule has 0 aromatic heterocycles. The van der Waals surface area contributed by atoms with Crippen molar-refractivity contribution in [1.82, 2.24) is 5.32 Å². The summed E-state index contributed by atoms with van der Waals surface area (Å²) < 4.78 is 5.47. The lowest BCUT2D eigenvalue weighted by Crippen LogP contribution is -2.41. The van der Waals surface area contributed by atoms with Gasteiger partial charge < -0.3 is 10.1 Å². The van der Waals surface area contributed by atoms with E-state index < -0.39 is 0 Å². The zero-order valence-electron chi connectivity index (χ0n) is 10.4. The molecule has 1 fully saturated rings. The highest BCUT2D eigenvalue weighted by molar-refractivity contribution is 4.72. The van der Waals surface area contributed by atoms with Gasteiger partial charge in [-0.3, -0.25) is 0 Å². The SMILES string of the molecule is CCCC(CCC)CC[C@H]1COCCN1. The van der Waals surface area contributed by atoms with Crippen molar-refractivity contribution in [2.45, 2.75) is 58.4 Å². The van der Waals surface area contributed by atoms with Crippen LogP contribution in [0.1, 0.15) is 52.4 Å². The molecule has 2 nitrogen and oxygen atoms in total. The second-order valence-corrected chi connectivity index (χ2v) is 4.75. The van der Waals surface area contributed by atoms with Crippen LogP contribution < -0.4 is 5.32 Å². The fourth-order valence-electron chi connectivity index (χ4n) is 2.49. The fourth-order valence-corrected chi connectivity index (χ4v) is 2.49. The van der Waals surface area contributed by atoms with Gasteiger partial charge in [-0.2, -0.15) is 0 Å². The Morgan fingerprint density at radius 2 is 1.93 bits per heavy atom. The Morgan fingerprint density at radius 1 is 1.20 bits per heavy atom. The quantitative estimate of drug-likeness (QED) is 0.702. The first-order valence-corrected chi connectivity index (χ1v) is 6.68. The molecule has 0 unspecified atom stereocenters. The summed E-state index contributed by atoms with van der Waals surface area (Å²) in [5, 5.41) is 3.53. The van der Waals surface area contributed by atoms with Crippen LogP contribution in [0.25, 0.3) is 0 Å². The predicted molar refractivity (Wildman–Crippen MR) is 65.1 cm³/mol. The van der Waals surface area contributed by atoms with Gasteiger partial charge in [0.1, 0.15) is 0 Å². The zero-order valence-corrected chi connectivity index (χ0v) is 10.4. The molecule has 0 aromatic rings. The van der Waals surface area contributed by atoms with E-state index in [9.17, 15) is 0 Å². The van der Waals surface area contributed by atoms with E-state index in [0.29, 0.717) is 6.04 Å². The highest BCUT2D eigenvalue weighted by atomic mass is 16.5. The van der Waals surface area contributed by atoms with Gasteiger partial charge in [0.15, 0.2) is 0 Å². The Balaban J connectivity index is 2.13. The molecule has 1 atom stereocenters. The molecule has 0 aromatic carbocycles. The summed E-state index contributed by atoms with van der Waals surface area (Å²) in [7, 11) is 0. The average molecular weight is 213 g/mol. The Labute approximate surface area is 94.8 Å². The Morgan fingerprint density at radius 3 is 2.47 bits per heavy atom. The molecule has 15 heavy (non-hydrogen) atoms. The first-order chi connectivity index (χ1) is 7.36. The molecule has 1 aliphatic rings. The van der Waals surface area contributed by atoms with Crippen LogP contribution in [0.5, 0.6) is 0 Å². The molecule has 1 heterocycles. The number of morpholine rings is 1. The van der Waals surface area contributed by atoms with Crippen LogP contribution in [-0.4, -0.2) is 25.8 Å². The van der Waals surface area contributed by atoms with Crippen LogP contribution in [0, 0.1) is 5.92 Å². The van der Waals surface area contributed by atoms with E-state index in [1.807, 2.05) is 0 Å². The summed E-state index contributed by atoms with van der Waals surface area (Å²) in [5.74, 6) is 0.948. The predicted octanol–water partition coefficient (Wildman–Crippen LogP) is 2.97. The Hall–Kier alpha value is -0.0800. The van der Waals surface area contributed by atoms with Gasteiger partial charge in [-0.25, -0.2) is 0 Å². The first kappa shape index (κ1) is 13.0. The lowest BCUT2D eigenvalue weighted by atomic mass is 9.91. The maximum atomic E-state index is 5.47. The van der Waals surface area contributed by atoms with Gasteiger partial charge in [0, 0.05) is 12.6 Å². The Kier molecular flexibility index (Phi) is 7.03. The van der Waals surface area contributed by atoms with E-state index >= 15 is 0 Å². The van der Waals surface area contributed by atoms with E-state index in [0.717, 1.165) is 25.7 Å². The van der Waals surface area contributed by atoms with Gasteiger partial charge in [-0.05, 0) is 18.8 Å². The van der Waals surface area contributed by atoms with Gasteiger partial charge >= 0.3 is 0 Å². The molecule has 90 valence electrons. The van der Waals surface area contributed by atoms with Crippen molar-refractivity contribution in [3.8, 4) is 0 Å². The zero-order chi connectivity index (χ0) is 10.9. The van der Waals surface area contributed by atoms with E-state index in [4.69, 9.17) is 4.74 Å². The van der Waals surface area contributed by atoms with Crippen LogP contribution in [0.4, 0.5) is 0 Å². The molecule has 1 saturated heterocycles. The van der Waals surface area contributed by atoms with Crippen molar-refractivity contribution in [3.63, 3.8) is 0 Å². The number of hydrogen-bond donors (Lipinski definition) is 1. The lowest BCUT2D eigenvalue weighted by molar-refractivity contribution is 0.0716. The van der Waals surface area contributed by atoms with Gasteiger partial charge in [0.2, 0.25) is 0 Å². The number of hydrogen-bond acceptors (Lipinski definition) is 2. The summed E-state index contributed by atoms with van der Waals surface area (Å²) in [5.41, 5.74) is 0. The molecule has 0 radical (unpaired) electrons. The van der Waals surface area contributed by atoms with Crippen LogP contribution in [-0.2, 0) is 4.74 Å². The lowest BCUT2D eigenvalue weighted by Gasteiger charge is -2.25. The highest BCUT2D eigenvalue weighted by Gasteiger charge is 2.15. The van der Waals surface area contributed by atoms with E-state index in [-0.39, 0.29) is 0 Å². The molecule has 0 spiro atoms. The van der Waals surface area contributed by atoms with Crippen LogP contribution in [0.2, 0.25) is 0 Å². The highest BCUT2D eigenvalue weighted by Crippen LogP contribution is 2.20. The average Bonchev–Trinajstić information content (AvgIpc) is 2.28. The number of rotatable bonds is 7.